The molecule has 5 aromatic rings. The van der Waals surface area contributed by atoms with E-state index in [9.17, 15) is 0 Å². The molecule has 8 heteroatoms. The molecule has 0 fully saturated rings. The fraction of sp³-hybridized carbons (Fsp3) is 0.0909. The maximum absolute atomic E-state index is 4.21. The largest absolute Gasteiger partial charge is 0.193 e. The van der Waals surface area contributed by atoms with Gasteiger partial charge < -0.3 is 0 Å². The maximum Gasteiger partial charge on any atom is 0.187 e. The molecular formula is C22H18N8. The quantitative estimate of drug-likeness (QED) is 0.463. The average molecular weight is 394 g/mol. The minimum atomic E-state index is 0.670. The molecule has 0 aliphatic heterocycles. The van der Waals surface area contributed by atoms with E-state index in [4.69, 9.17) is 0 Å². The van der Waals surface area contributed by atoms with Crippen LogP contribution in [0.3, 0.4) is 0 Å². The zero-order valence-corrected chi connectivity index (χ0v) is 16.5. The van der Waals surface area contributed by atoms with Crippen molar-refractivity contribution in [3.63, 3.8) is 0 Å². The van der Waals surface area contributed by atoms with E-state index in [0.717, 1.165) is 22.5 Å². The molecule has 0 aliphatic carbocycles. The minimum absolute atomic E-state index is 0.670. The van der Waals surface area contributed by atoms with E-state index < -0.39 is 0 Å². The zero-order valence-electron chi connectivity index (χ0n) is 16.5. The van der Waals surface area contributed by atoms with Crippen LogP contribution in [0.2, 0.25) is 0 Å². The van der Waals surface area contributed by atoms with Crippen molar-refractivity contribution in [1.82, 2.24) is 40.4 Å². The highest BCUT2D eigenvalue weighted by atomic mass is 15.5. The SMILES string of the molecule is Cc1ccc(-n2nnnc2-c2ccc(-c3nnnn3-c3ccc(C)cc3)cc2)cc1. The summed E-state index contributed by atoms with van der Waals surface area (Å²) in [5.41, 5.74) is 5.99. The molecule has 0 atom stereocenters. The smallest absolute Gasteiger partial charge is 0.187 e. The summed E-state index contributed by atoms with van der Waals surface area (Å²) in [4.78, 5) is 0. The molecule has 0 bridgehead atoms. The lowest BCUT2D eigenvalue weighted by Crippen LogP contribution is -2.01. The molecule has 2 aromatic heterocycles. The molecule has 3 aromatic carbocycles. The van der Waals surface area contributed by atoms with Crippen molar-refractivity contribution < 1.29 is 0 Å². The van der Waals surface area contributed by atoms with Crippen LogP contribution in [0.15, 0.2) is 72.8 Å². The fourth-order valence-corrected chi connectivity index (χ4v) is 3.22. The fourth-order valence-electron chi connectivity index (χ4n) is 3.22. The Kier molecular flexibility index (Phi) is 4.36. The van der Waals surface area contributed by atoms with Crippen LogP contribution < -0.4 is 0 Å². The molecule has 146 valence electrons. The third kappa shape index (κ3) is 3.24. The van der Waals surface area contributed by atoms with Crippen LogP contribution in [0.5, 0.6) is 0 Å². The van der Waals surface area contributed by atoms with E-state index in [1.165, 1.54) is 11.1 Å². The van der Waals surface area contributed by atoms with E-state index in [-0.39, 0.29) is 0 Å². The first-order valence-corrected chi connectivity index (χ1v) is 9.51. The summed E-state index contributed by atoms with van der Waals surface area (Å²) in [6, 6.07) is 24.0. The van der Waals surface area contributed by atoms with Gasteiger partial charge in [-0.15, -0.1) is 10.2 Å². The van der Waals surface area contributed by atoms with Crippen LogP contribution in [0.1, 0.15) is 11.1 Å². The molecule has 0 amide bonds. The molecule has 0 N–H and O–H groups in total. The highest BCUT2D eigenvalue weighted by Gasteiger charge is 2.14. The number of nitrogens with zero attached hydrogens (tertiary/aromatic N) is 8. The molecule has 0 aliphatic rings. The molecule has 8 nitrogen and oxygen atoms in total. The molecular weight excluding hydrogens is 376 g/mol. The summed E-state index contributed by atoms with van der Waals surface area (Å²) in [7, 11) is 0. The molecule has 0 spiro atoms. The summed E-state index contributed by atoms with van der Waals surface area (Å²) in [5.74, 6) is 1.34. The lowest BCUT2D eigenvalue weighted by atomic mass is 10.1. The molecule has 2 heterocycles. The Labute approximate surface area is 172 Å². The summed E-state index contributed by atoms with van der Waals surface area (Å²) >= 11 is 0. The second-order valence-electron chi connectivity index (χ2n) is 7.08. The van der Waals surface area contributed by atoms with E-state index in [1.807, 2.05) is 86.6 Å². The van der Waals surface area contributed by atoms with E-state index in [0.29, 0.717) is 11.6 Å². The zero-order chi connectivity index (χ0) is 20.5. The maximum atomic E-state index is 4.21. The van der Waals surface area contributed by atoms with Gasteiger partial charge in [0.1, 0.15) is 0 Å². The third-order valence-corrected chi connectivity index (χ3v) is 4.90. The number of hydrogen-bond acceptors (Lipinski definition) is 6. The van der Waals surface area contributed by atoms with Crippen LogP contribution in [0, 0.1) is 13.8 Å². The predicted molar refractivity (Wildman–Crippen MR) is 112 cm³/mol. The van der Waals surface area contributed by atoms with Gasteiger partial charge in [-0.25, -0.2) is 0 Å². The number of benzene rings is 3. The van der Waals surface area contributed by atoms with Gasteiger partial charge in [-0.1, -0.05) is 59.7 Å². The van der Waals surface area contributed by atoms with Gasteiger partial charge in [0, 0.05) is 11.1 Å². The van der Waals surface area contributed by atoms with Crippen molar-refractivity contribution in [2.45, 2.75) is 13.8 Å². The van der Waals surface area contributed by atoms with Gasteiger partial charge in [-0.2, -0.15) is 9.36 Å². The highest BCUT2D eigenvalue weighted by molar-refractivity contribution is 5.65. The first-order valence-electron chi connectivity index (χ1n) is 9.51. The normalized spacial score (nSPS) is 11.0. The Morgan fingerprint density at radius 2 is 0.867 bits per heavy atom. The monoisotopic (exact) mass is 394 g/mol. The van der Waals surface area contributed by atoms with E-state index >= 15 is 0 Å². The molecule has 30 heavy (non-hydrogen) atoms. The second kappa shape index (κ2) is 7.32. The first kappa shape index (κ1) is 17.9. The summed E-state index contributed by atoms with van der Waals surface area (Å²) in [6.45, 7) is 4.10. The standard InChI is InChI=1S/C22H18N8/c1-15-3-11-19(12-4-15)29-21(23-25-27-29)17-7-9-18(10-8-17)22-24-26-28-30(22)20-13-5-16(2)6-14-20/h3-14H,1-2H3. The number of aromatic nitrogens is 8. The van der Waals surface area contributed by atoms with Gasteiger partial charge in [0.15, 0.2) is 11.6 Å². The number of aryl methyl sites for hydroxylation is 2. The van der Waals surface area contributed by atoms with Gasteiger partial charge >= 0.3 is 0 Å². The van der Waals surface area contributed by atoms with Crippen LogP contribution in [0.4, 0.5) is 0 Å². The summed E-state index contributed by atoms with van der Waals surface area (Å²) < 4.78 is 3.45. The Morgan fingerprint density at radius 3 is 1.23 bits per heavy atom. The van der Waals surface area contributed by atoms with Gasteiger partial charge in [0.25, 0.3) is 0 Å². The average Bonchev–Trinajstić information content (AvgIpc) is 3.45. The Hall–Kier alpha value is -4.20. The van der Waals surface area contributed by atoms with E-state index in [2.05, 4.69) is 31.1 Å². The lowest BCUT2D eigenvalue weighted by Gasteiger charge is -2.07. The molecule has 0 unspecified atom stereocenters. The van der Waals surface area contributed by atoms with Crippen LogP contribution in [-0.4, -0.2) is 40.4 Å². The first-order chi connectivity index (χ1) is 14.7. The summed E-state index contributed by atoms with van der Waals surface area (Å²) in [6.07, 6.45) is 0. The van der Waals surface area contributed by atoms with Gasteiger partial charge in [-0.05, 0) is 59.0 Å². The van der Waals surface area contributed by atoms with Gasteiger partial charge in [0.05, 0.1) is 11.4 Å². The molecule has 0 saturated heterocycles. The molecule has 5 rings (SSSR count). The van der Waals surface area contributed by atoms with Crippen molar-refractivity contribution in [1.29, 1.82) is 0 Å². The predicted octanol–water partition coefficient (Wildman–Crippen LogP) is 3.59. The minimum Gasteiger partial charge on any atom is -0.193 e. The van der Waals surface area contributed by atoms with E-state index in [1.54, 1.807) is 9.36 Å². The second-order valence-corrected chi connectivity index (χ2v) is 7.08. The van der Waals surface area contributed by atoms with Crippen LogP contribution in [0.25, 0.3) is 34.2 Å². The van der Waals surface area contributed by atoms with Gasteiger partial charge in [-0.3, -0.25) is 0 Å². The van der Waals surface area contributed by atoms with Crippen LogP contribution in [-0.2, 0) is 0 Å². The Balaban J connectivity index is 1.49. The van der Waals surface area contributed by atoms with Crippen molar-refractivity contribution >= 4 is 0 Å². The lowest BCUT2D eigenvalue weighted by molar-refractivity contribution is 0.790. The summed E-state index contributed by atoms with van der Waals surface area (Å²) in [5, 5.41) is 24.4. The Morgan fingerprint density at radius 1 is 0.500 bits per heavy atom. The molecule has 0 saturated carbocycles. The molecule has 0 radical (unpaired) electrons. The van der Waals surface area contributed by atoms with Crippen molar-refractivity contribution in [2.75, 3.05) is 0 Å². The third-order valence-electron chi connectivity index (χ3n) is 4.90. The van der Waals surface area contributed by atoms with Crippen LogP contribution >= 0.6 is 0 Å². The number of tetrazole rings is 2. The highest BCUT2D eigenvalue weighted by Crippen LogP contribution is 2.25. The van der Waals surface area contributed by atoms with Crippen molar-refractivity contribution in [2.24, 2.45) is 0 Å². The Bertz CT molecular complexity index is 1180. The topological polar surface area (TPSA) is 87.2 Å². The van der Waals surface area contributed by atoms with Crippen molar-refractivity contribution in [3.05, 3.63) is 83.9 Å². The number of hydrogen-bond donors (Lipinski definition) is 0. The number of rotatable bonds is 4. The van der Waals surface area contributed by atoms with Gasteiger partial charge in [0.2, 0.25) is 0 Å². The van der Waals surface area contributed by atoms with Crippen molar-refractivity contribution in [3.8, 4) is 34.2 Å².